The smallest absolute Gasteiger partial charge is 0.119 e. The van der Waals surface area contributed by atoms with Crippen LogP contribution >= 0.6 is 11.6 Å². The summed E-state index contributed by atoms with van der Waals surface area (Å²) in [5.74, 6) is 0.812. The Bertz CT molecular complexity index is 798. The van der Waals surface area contributed by atoms with Gasteiger partial charge in [-0.25, -0.2) is 9.66 Å². The predicted octanol–water partition coefficient (Wildman–Crippen LogP) is 4.40. The summed E-state index contributed by atoms with van der Waals surface area (Å²) in [6.07, 6.45) is 1.76. The molecule has 0 radical (unpaired) electrons. The Labute approximate surface area is 134 Å². The van der Waals surface area contributed by atoms with Gasteiger partial charge < -0.3 is 4.74 Å². The maximum atomic E-state index is 6.03. The van der Waals surface area contributed by atoms with Crippen LogP contribution in [0.5, 0.6) is 5.75 Å². The third-order valence-corrected chi connectivity index (χ3v) is 3.60. The van der Waals surface area contributed by atoms with E-state index in [1.165, 1.54) is 0 Å². The van der Waals surface area contributed by atoms with Gasteiger partial charge in [-0.1, -0.05) is 29.8 Å². The van der Waals surface area contributed by atoms with Gasteiger partial charge in [0.1, 0.15) is 12.1 Å². The van der Waals surface area contributed by atoms with E-state index in [4.69, 9.17) is 16.3 Å². The second kappa shape index (κ2) is 6.12. The first-order chi connectivity index (χ1) is 10.7. The summed E-state index contributed by atoms with van der Waals surface area (Å²) < 4.78 is 7.18. The van der Waals surface area contributed by atoms with E-state index < -0.39 is 0 Å². The minimum Gasteiger partial charge on any atom is -0.497 e. The van der Waals surface area contributed by atoms with Crippen molar-refractivity contribution in [2.24, 2.45) is 0 Å². The van der Waals surface area contributed by atoms with E-state index in [2.05, 4.69) is 10.4 Å². The molecule has 5 heteroatoms. The molecule has 0 unspecified atom stereocenters. The van der Waals surface area contributed by atoms with Crippen LogP contribution in [0, 0.1) is 6.92 Å². The molecule has 0 amide bonds. The molecule has 2 aromatic carbocycles. The lowest BCUT2D eigenvalue weighted by molar-refractivity contribution is 0.415. The highest BCUT2D eigenvalue weighted by atomic mass is 35.5. The van der Waals surface area contributed by atoms with Crippen molar-refractivity contribution in [2.45, 2.75) is 6.92 Å². The normalized spacial score (nSPS) is 10.5. The van der Waals surface area contributed by atoms with Crippen LogP contribution in [0.4, 0.5) is 5.69 Å². The second-order valence-electron chi connectivity index (χ2n) is 4.90. The van der Waals surface area contributed by atoms with Gasteiger partial charge in [0, 0.05) is 10.6 Å². The van der Waals surface area contributed by atoms with Crippen molar-refractivity contribution in [3.63, 3.8) is 0 Å². The number of ether oxygens (including phenoxy) is 1. The molecular formula is C17H16ClN3O. The Balaban J connectivity index is 2.00. The van der Waals surface area contributed by atoms with Crippen LogP contribution in [0.15, 0.2) is 54.9 Å². The average molecular weight is 314 g/mol. The first-order valence-corrected chi connectivity index (χ1v) is 7.26. The van der Waals surface area contributed by atoms with Gasteiger partial charge in [-0.15, -0.1) is 0 Å². The quantitative estimate of drug-likeness (QED) is 0.776. The number of benzene rings is 2. The van der Waals surface area contributed by atoms with Crippen LogP contribution in [0.1, 0.15) is 5.69 Å². The molecule has 22 heavy (non-hydrogen) atoms. The van der Waals surface area contributed by atoms with Gasteiger partial charge in [0.15, 0.2) is 0 Å². The Kier molecular flexibility index (Phi) is 4.02. The van der Waals surface area contributed by atoms with Gasteiger partial charge in [0.05, 0.1) is 24.2 Å². The molecule has 3 rings (SSSR count). The van der Waals surface area contributed by atoms with Gasteiger partial charge in [-0.2, -0.15) is 0 Å². The molecule has 0 fully saturated rings. The molecule has 1 N–H and O–H groups in total. The van der Waals surface area contributed by atoms with Gasteiger partial charge in [-0.3, -0.25) is 5.43 Å². The molecule has 3 aromatic rings. The SMILES string of the molecule is COc1cccc(-c2c(C)ncn2Nc2cccc(Cl)c2)c1. The first-order valence-electron chi connectivity index (χ1n) is 6.88. The van der Waals surface area contributed by atoms with Crippen molar-refractivity contribution in [2.75, 3.05) is 12.5 Å². The Morgan fingerprint density at radius 3 is 2.73 bits per heavy atom. The lowest BCUT2D eigenvalue weighted by Gasteiger charge is -2.13. The molecule has 0 aliphatic heterocycles. The van der Waals surface area contributed by atoms with Gasteiger partial charge in [0.2, 0.25) is 0 Å². The van der Waals surface area contributed by atoms with Crippen LogP contribution in [-0.2, 0) is 0 Å². The molecule has 0 saturated heterocycles. The van der Waals surface area contributed by atoms with Crippen LogP contribution in [0.3, 0.4) is 0 Å². The fourth-order valence-corrected chi connectivity index (χ4v) is 2.53. The summed E-state index contributed by atoms with van der Waals surface area (Å²) in [6, 6.07) is 15.5. The summed E-state index contributed by atoms with van der Waals surface area (Å²) in [7, 11) is 1.66. The van der Waals surface area contributed by atoms with E-state index in [1.54, 1.807) is 13.4 Å². The third-order valence-electron chi connectivity index (χ3n) is 3.37. The molecular weight excluding hydrogens is 298 g/mol. The van der Waals surface area contributed by atoms with Gasteiger partial charge in [0.25, 0.3) is 0 Å². The van der Waals surface area contributed by atoms with Gasteiger partial charge in [-0.05, 0) is 37.3 Å². The Hall–Kier alpha value is -2.46. The zero-order valence-corrected chi connectivity index (χ0v) is 13.1. The number of imidazole rings is 1. The summed E-state index contributed by atoms with van der Waals surface area (Å²) in [5.41, 5.74) is 7.15. The van der Waals surface area contributed by atoms with Gasteiger partial charge >= 0.3 is 0 Å². The van der Waals surface area contributed by atoms with Crippen molar-refractivity contribution in [3.05, 3.63) is 65.6 Å². The minimum absolute atomic E-state index is 0.685. The highest BCUT2D eigenvalue weighted by Crippen LogP contribution is 2.27. The molecule has 1 heterocycles. The van der Waals surface area contributed by atoms with E-state index in [-0.39, 0.29) is 0 Å². The molecule has 0 aliphatic rings. The standard InChI is InChI=1S/C17H16ClN3O/c1-12-17(13-5-3-8-16(9-13)22-2)21(11-19-12)20-15-7-4-6-14(18)10-15/h3-11,20H,1-2H3. The lowest BCUT2D eigenvalue weighted by atomic mass is 10.1. The monoisotopic (exact) mass is 313 g/mol. The zero-order valence-electron chi connectivity index (χ0n) is 12.4. The average Bonchev–Trinajstić information content (AvgIpc) is 2.88. The number of hydrogen-bond donors (Lipinski definition) is 1. The number of nitrogens with one attached hydrogen (secondary N) is 1. The molecule has 112 valence electrons. The van der Waals surface area contributed by atoms with Crippen LogP contribution in [-0.4, -0.2) is 16.8 Å². The third kappa shape index (κ3) is 2.92. The number of methoxy groups -OCH3 is 1. The number of anilines is 1. The maximum absolute atomic E-state index is 6.03. The number of aromatic nitrogens is 2. The van der Waals surface area contributed by atoms with E-state index in [0.717, 1.165) is 28.4 Å². The molecule has 1 aromatic heterocycles. The number of rotatable bonds is 4. The lowest BCUT2D eigenvalue weighted by Crippen LogP contribution is -2.09. The second-order valence-corrected chi connectivity index (χ2v) is 5.34. The zero-order chi connectivity index (χ0) is 15.5. The maximum Gasteiger partial charge on any atom is 0.119 e. The molecule has 0 bridgehead atoms. The number of nitrogens with zero attached hydrogens (tertiary/aromatic N) is 2. The highest BCUT2D eigenvalue weighted by molar-refractivity contribution is 6.30. The van der Waals surface area contributed by atoms with E-state index in [9.17, 15) is 0 Å². The van der Waals surface area contributed by atoms with Crippen molar-refractivity contribution >= 4 is 17.3 Å². The largest absolute Gasteiger partial charge is 0.497 e. The Morgan fingerprint density at radius 2 is 1.95 bits per heavy atom. The van der Waals surface area contributed by atoms with Crippen LogP contribution < -0.4 is 10.2 Å². The van der Waals surface area contributed by atoms with Crippen molar-refractivity contribution < 1.29 is 4.74 Å². The van der Waals surface area contributed by atoms with Crippen LogP contribution in [0.2, 0.25) is 5.02 Å². The number of hydrogen-bond acceptors (Lipinski definition) is 3. The molecule has 0 aliphatic carbocycles. The van der Waals surface area contributed by atoms with E-state index in [1.807, 2.05) is 60.1 Å². The summed E-state index contributed by atoms with van der Waals surface area (Å²) in [4.78, 5) is 4.39. The van der Waals surface area contributed by atoms with Crippen molar-refractivity contribution in [3.8, 4) is 17.0 Å². The summed E-state index contributed by atoms with van der Waals surface area (Å²) >= 11 is 6.03. The first kappa shape index (κ1) is 14.5. The fourth-order valence-electron chi connectivity index (χ4n) is 2.34. The van der Waals surface area contributed by atoms with Crippen molar-refractivity contribution in [1.82, 2.24) is 9.66 Å². The highest BCUT2D eigenvalue weighted by Gasteiger charge is 2.11. The van der Waals surface area contributed by atoms with E-state index >= 15 is 0 Å². The molecule has 0 atom stereocenters. The minimum atomic E-state index is 0.685. The Morgan fingerprint density at radius 1 is 1.14 bits per heavy atom. The summed E-state index contributed by atoms with van der Waals surface area (Å²) in [6.45, 7) is 1.98. The molecule has 4 nitrogen and oxygen atoms in total. The predicted molar refractivity (Wildman–Crippen MR) is 89.4 cm³/mol. The number of aryl methyl sites for hydroxylation is 1. The topological polar surface area (TPSA) is 39.1 Å². The number of halogens is 1. The van der Waals surface area contributed by atoms with E-state index in [0.29, 0.717) is 5.02 Å². The summed E-state index contributed by atoms with van der Waals surface area (Å²) in [5, 5.41) is 0.685. The fraction of sp³-hybridized carbons (Fsp3) is 0.118. The molecule has 0 saturated carbocycles. The van der Waals surface area contributed by atoms with Crippen LogP contribution in [0.25, 0.3) is 11.3 Å². The van der Waals surface area contributed by atoms with Crippen molar-refractivity contribution in [1.29, 1.82) is 0 Å². The molecule has 0 spiro atoms.